The van der Waals surface area contributed by atoms with E-state index in [1.54, 1.807) is 0 Å². The lowest BCUT2D eigenvalue weighted by molar-refractivity contribution is 0.0955. The molecule has 0 amide bonds. The van der Waals surface area contributed by atoms with Crippen LogP contribution in [-0.2, 0) is 0 Å². The molecule has 0 aliphatic heterocycles. The number of benzene rings is 2. The molecule has 0 spiro atoms. The Morgan fingerprint density at radius 3 is 2.19 bits per heavy atom. The number of ketones is 1. The summed E-state index contributed by atoms with van der Waals surface area (Å²) < 4.78 is 0. The smallest absolute Gasteiger partial charge is 0.163 e. The maximum absolute atomic E-state index is 12.4. The van der Waals surface area contributed by atoms with Gasteiger partial charge in [0.25, 0.3) is 0 Å². The van der Waals surface area contributed by atoms with Crippen LogP contribution in [0.3, 0.4) is 0 Å². The van der Waals surface area contributed by atoms with E-state index in [4.69, 9.17) is 0 Å². The second kappa shape index (κ2) is 7.58. The van der Waals surface area contributed by atoms with Crippen LogP contribution in [0.2, 0.25) is 0 Å². The van der Waals surface area contributed by atoms with E-state index in [1.165, 1.54) is 5.56 Å². The highest BCUT2D eigenvalue weighted by Crippen LogP contribution is 2.30. The van der Waals surface area contributed by atoms with Crippen LogP contribution >= 0.6 is 0 Å². The minimum Gasteiger partial charge on any atom is -0.294 e. The molecule has 2 atom stereocenters. The molecule has 21 heavy (non-hydrogen) atoms. The molecule has 2 unspecified atom stereocenters. The SMILES string of the molecule is C=CCC(CC(=O)c1ccccc1)C(C)c1ccccc1. The minimum absolute atomic E-state index is 0.213. The van der Waals surface area contributed by atoms with E-state index in [0.29, 0.717) is 12.3 Å². The average Bonchev–Trinajstić information content (AvgIpc) is 2.55. The summed E-state index contributed by atoms with van der Waals surface area (Å²) in [6.07, 6.45) is 3.34. The molecule has 2 rings (SSSR count). The van der Waals surface area contributed by atoms with Gasteiger partial charge in [-0.1, -0.05) is 73.7 Å². The second-order valence-electron chi connectivity index (χ2n) is 5.48. The topological polar surface area (TPSA) is 17.1 Å². The standard InChI is InChI=1S/C20H22O/c1-3-10-19(16(2)17-11-6-4-7-12-17)15-20(21)18-13-8-5-9-14-18/h3-9,11-14,16,19H,1,10,15H2,2H3. The Kier molecular flexibility index (Phi) is 5.51. The van der Waals surface area contributed by atoms with Gasteiger partial charge in [-0.3, -0.25) is 4.79 Å². The van der Waals surface area contributed by atoms with Crippen molar-refractivity contribution in [2.24, 2.45) is 5.92 Å². The van der Waals surface area contributed by atoms with Crippen LogP contribution in [0.25, 0.3) is 0 Å². The summed E-state index contributed by atoms with van der Waals surface area (Å²) in [5, 5.41) is 0. The van der Waals surface area contributed by atoms with Crippen molar-refractivity contribution in [2.45, 2.75) is 25.7 Å². The third kappa shape index (κ3) is 4.16. The van der Waals surface area contributed by atoms with E-state index in [9.17, 15) is 4.79 Å². The summed E-state index contributed by atoms with van der Waals surface area (Å²) in [6.45, 7) is 6.04. The first-order chi connectivity index (χ1) is 10.2. The zero-order valence-electron chi connectivity index (χ0n) is 12.5. The highest BCUT2D eigenvalue weighted by atomic mass is 16.1. The summed E-state index contributed by atoms with van der Waals surface area (Å²) in [6, 6.07) is 19.9. The first-order valence-electron chi connectivity index (χ1n) is 7.46. The van der Waals surface area contributed by atoms with E-state index >= 15 is 0 Å². The van der Waals surface area contributed by atoms with Gasteiger partial charge in [-0.05, 0) is 23.8 Å². The highest BCUT2D eigenvalue weighted by Gasteiger charge is 2.21. The number of hydrogen-bond donors (Lipinski definition) is 0. The Hall–Kier alpha value is -2.15. The molecule has 0 saturated carbocycles. The Bertz CT molecular complexity index is 571. The van der Waals surface area contributed by atoms with Gasteiger partial charge in [0.2, 0.25) is 0 Å². The number of carbonyl (C=O) groups excluding carboxylic acids is 1. The molecular weight excluding hydrogens is 256 g/mol. The molecule has 0 fully saturated rings. The van der Waals surface area contributed by atoms with Crippen LogP contribution in [-0.4, -0.2) is 5.78 Å². The van der Waals surface area contributed by atoms with Crippen molar-refractivity contribution in [1.29, 1.82) is 0 Å². The Labute approximate surface area is 127 Å². The van der Waals surface area contributed by atoms with Crippen molar-refractivity contribution in [2.75, 3.05) is 0 Å². The summed E-state index contributed by atoms with van der Waals surface area (Å²) in [4.78, 5) is 12.4. The van der Waals surface area contributed by atoms with Crippen LogP contribution in [0, 0.1) is 5.92 Å². The predicted molar refractivity (Wildman–Crippen MR) is 88.6 cm³/mol. The number of rotatable bonds is 7. The van der Waals surface area contributed by atoms with Crippen molar-refractivity contribution >= 4 is 5.78 Å². The maximum Gasteiger partial charge on any atom is 0.163 e. The predicted octanol–water partition coefficient (Wildman–Crippen LogP) is 5.26. The van der Waals surface area contributed by atoms with E-state index in [1.807, 2.05) is 42.5 Å². The second-order valence-corrected chi connectivity index (χ2v) is 5.48. The normalized spacial score (nSPS) is 13.4. The third-order valence-corrected chi connectivity index (χ3v) is 4.05. The van der Waals surface area contributed by atoms with Crippen LogP contribution in [0.5, 0.6) is 0 Å². The fourth-order valence-electron chi connectivity index (χ4n) is 2.69. The fraction of sp³-hybridized carbons (Fsp3) is 0.250. The summed E-state index contributed by atoms with van der Waals surface area (Å²) in [5.41, 5.74) is 2.08. The van der Waals surface area contributed by atoms with Gasteiger partial charge in [-0.2, -0.15) is 0 Å². The Balaban J connectivity index is 2.12. The highest BCUT2D eigenvalue weighted by molar-refractivity contribution is 5.96. The van der Waals surface area contributed by atoms with Gasteiger partial charge in [-0.25, -0.2) is 0 Å². The van der Waals surface area contributed by atoms with Gasteiger partial charge < -0.3 is 0 Å². The number of Topliss-reactive ketones (excluding diaryl/α,β-unsaturated/α-hetero) is 1. The lowest BCUT2D eigenvalue weighted by Crippen LogP contribution is -2.15. The molecule has 0 aromatic heterocycles. The summed E-state index contributed by atoms with van der Waals surface area (Å²) in [5.74, 6) is 0.847. The number of hydrogen-bond acceptors (Lipinski definition) is 1. The number of carbonyl (C=O) groups is 1. The van der Waals surface area contributed by atoms with Crippen LogP contribution in [0.1, 0.15) is 41.6 Å². The van der Waals surface area contributed by atoms with Gasteiger partial charge in [0, 0.05) is 12.0 Å². The fourth-order valence-corrected chi connectivity index (χ4v) is 2.69. The molecule has 0 aliphatic carbocycles. The zero-order chi connectivity index (χ0) is 15.1. The lowest BCUT2D eigenvalue weighted by Gasteiger charge is -2.23. The van der Waals surface area contributed by atoms with Crippen LogP contribution in [0.15, 0.2) is 73.3 Å². The van der Waals surface area contributed by atoms with Crippen LogP contribution in [0.4, 0.5) is 0 Å². The molecule has 0 N–H and O–H groups in total. The molecule has 0 heterocycles. The Morgan fingerprint density at radius 2 is 1.62 bits per heavy atom. The molecule has 0 bridgehead atoms. The minimum atomic E-state index is 0.213. The van der Waals surface area contributed by atoms with Crippen molar-refractivity contribution in [3.63, 3.8) is 0 Å². The first kappa shape index (κ1) is 15.2. The van der Waals surface area contributed by atoms with E-state index < -0.39 is 0 Å². The van der Waals surface area contributed by atoms with Gasteiger partial charge >= 0.3 is 0 Å². The molecule has 0 radical (unpaired) electrons. The van der Waals surface area contributed by atoms with Crippen LogP contribution < -0.4 is 0 Å². The molecule has 108 valence electrons. The maximum atomic E-state index is 12.4. The largest absolute Gasteiger partial charge is 0.294 e. The zero-order valence-corrected chi connectivity index (χ0v) is 12.5. The molecule has 1 heteroatoms. The molecule has 2 aromatic carbocycles. The first-order valence-corrected chi connectivity index (χ1v) is 7.46. The van der Waals surface area contributed by atoms with Crippen molar-refractivity contribution in [3.05, 3.63) is 84.4 Å². The van der Waals surface area contributed by atoms with E-state index in [-0.39, 0.29) is 11.7 Å². The van der Waals surface area contributed by atoms with Crippen molar-refractivity contribution in [3.8, 4) is 0 Å². The molecular formula is C20H22O. The molecule has 0 saturated heterocycles. The lowest BCUT2D eigenvalue weighted by atomic mass is 9.81. The van der Waals surface area contributed by atoms with Gasteiger partial charge in [0.15, 0.2) is 5.78 Å². The molecule has 2 aromatic rings. The number of allylic oxidation sites excluding steroid dienone is 1. The quantitative estimate of drug-likeness (QED) is 0.499. The Morgan fingerprint density at radius 1 is 1.05 bits per heavy atom. The van der Waals surface area contributed by atoms with Crippen molar-refractivity contribution in [1.82, 2.24) is 0 Å². The van der Waals surface area contributed by atoms with Gasteiger partial charge in [-0.15, -0.1) is 6.58 Å². The monoisotopic (exact) mass is 278 g/mol. The van der Waals surface area contributed by atoms with Gasteiger partial charge in [0.1, 0.15) is 0 Å². The van der Waals surface area contributed by atoms with Crippen molar-refractivity contribution < 1.29 is 4.79 Å². The van der Waals surface area contributed by atoms with Gasteiger partial charge in [0.05, 0.1) is 0 Å². The summed E-state index contributed by atoms with van der Waals surface area (Å²) >= 11 is 0. The van der Waals surface area contributed by atoms with E-state index in [0.717, 1.165) is 12.0 Å². The molecule has 1 nitrogen and oxygen atoms in total. The molecule has 0 aliphatic rings. The third-order valence-electron chi connectivity index (χ3n) is 4.05. The average molecular weight is 278 g/mol. The summed E-state index contributed by atoms with van der Waals surface area (Å²) in [7, 11) is 0. The van der Waals surface area contributed by atoms with E-state index in [2.05, 4.69) is 37.8 Å².